The number of rotatable bonds is 3. The summed E-state index contributed by atoms with van der Waals surface area (Å²) in [6, 6.07) is 12.0. The number of aryl methyl sites for hydroxylation is 1. The molecule has 0 saturated heterocycles. The quantitative estimate of drug-likeness (QED) is 0.667. The first-order valence-electron chi connectivity index (χ1n) is 6.71. The molecule has 108 valence electrons. The van der Waals surface area contributed by atoms with Crippen LogP contribution in [0.25, 0.3) is 10.9 Å². The Morgan fingerprint density at radius 1 is 1.24 bits per heavy atom. The SMILES string of the molecule is Cc1cc(NC(C)c2ccc(Cl)s2)c2cc(N)ccc2n1. The smallest absolute Gasteiger partial charge is 0.0932 e. The van der Waals surface area contributed by atoms with Crippen LogP contribution >= 0.6 is 22.9 Å². The molecule has 0 aliphatic carbocycles. The van der Waals surface area contributed by atoms with Gasteiger partial charge >= 0.3 is 0 Å². The molecule has 1 unspecified atom stereocenters. The van der Waals surface area contributed by atoms with E-state index in [0.717, 1.165) is 32.3 Å². The van der Waals surface area contributed by atoms with Crippen molar-refractivity contribution < 1.29 is 0 Å². The summed E-state index contributed by atoms with van der Waals surface area (Å²) >= 11 is 7.60. The number of pyridine rings is 1. The monoisotopic (exact) mass is 317 g/mol. The van der Waals surface area contributed by atoms with E-state index in [0.29, 0.717) is 0 Å². The third-order valence-corrected chi connectivity index (χ3v) is 4.77. The highest BCUT2D eigenvalue weighted by molar-refractivity contribution is 7.16. The largest absolute Gasteiger partial charge is 0.399 e. The van der Waals surface area contributed by atoms with Crippen LogP contribution in [0, 0.1) is 6.92 Å². The molecule has 2 heterocycles. The van der Waals surface area contributed by atoms with Crippen LogP contribution in [0.1, 0.15) is 23.5 Å². The molecule has 0 bridgehead atoms. The lowest BCUT2D eigenvalue weighted by Crippen LogP contribution is -2.06. The second kappa shape index (κ2) is 5.54. The fourth-order valence-corrected chi connectivity index (χ4v) is 3.42. The Hall–Kier alpha value is -1.78. The normalized spacial score (nSPS) is 12.5. The second-order valence-electron chi connectivity index (χ2n) is 5.10. The van der Waals surface area contributed by atoms with E-state index >= 15 is 0 Å². The van der Waals surface area contributed by atoms with Gasteiger partial charge in [0.15, 0.2) is 0 Å². The fourth-order valence-electron chi connectivity index (χ4n) is 2.36. The minimum Gasteiger partial charge on any atom is -0.399 e. The van der Waals surface area contributed by atoms with Gasteiger partial charge in [-0.1, -0.05) is 11.6 Å². The zero-order valence-electron chi connectivity index (χ0n) is 11.9. The summed E-state index contributed by atoms with van der Waals surface area (Å²) in [6.07, 6.45) is 0. The summed E-state index contributed by atoms with van der Waals surface area (Å²) in [6.45, 7) is 4.11. The number of halogens is 1. The van der Waals surface area contributed by atoms with Gasteiger partial charge in [0.1, 0.15) is 0 Å². The molecule has 3 aromatic rings. The maximum atomic E-state index is 6.01. The van der Waals surface area contributed by atoms with Crippen molar-refractivity contribution in [1.82, 2.24) is 4.98 Å². The van der Waals surface area contributed by atoms with Crippen LogP contribution in [0.4, 0.5) is 11.4 Å². The van der Waals surface area contributed by atoms with Gasteiger partial charge in [0, 0.05) is 27.3 Å². The Bertz CT molecular complexity index is 797. The van der Waals surface area contributed by atoms with E-state index in [-0.39, 0.29) is 6.04 Å². The zero-order valence-corrected chi connectivity index (χ0v) is 13.4. The summed E-state index contributed by atoms with van der Waals surface area (Å²) < 4.78 is 0.804. The van der Waals surface area contributed by atoms with E-state index < -0.39 is 0 Å². The average Bonchev–Trinajstić information content (AvgIpc) is 2.86. The third kappa shape index (κ3) is 2.96. The number of nitrogens with two attached hydrogens (primary N) is 1. The fraction of sp³-hybridized carbons (Fsp3) is 0.188. The molecular formula is C16H16ClN3S. The third-order valence-electron chi connectivity index (χ3n) is 3.35. The highest BCUT2D eigenvalue weighted by Gasteiger charge is 2.11. The molecular weight excluding hydrogens is 302 g/mol. The summed E-state index contributed by atoms with van der Waals surface area (Å²) in [5, 5.41) is 4.58. The molecule has 0 aliphatic heterocycles. The van der Waals surface area contributed by atoms with Crippen molar-refractivity contribution in [1.29, 1.82) is 0 Å². The molecule has 21 heavy (non-hydrogen) atoms. The number of nitrogen functional groups attached to an aromatic ring is 1. The molecule has 0 aliphatic rings. The van der Waals surface area contributed by atoms with Crippen LogP contribution in [-0.4, -0.2) is 4.98 Å². The lowest BCUT2D eigenvalue weighted by Gasteiger charge is -2.16. The maximum Gasteiger partial charge on any atom is 0.0932 e. The Kier molecular flexibility index (Phi) is 3.74. The molecule has 5 heteroatoms. The second-order valence-corrected chi connectivity index (χ2v) is 6.84. The van der Waals surface area contributed by atoms with E-state index in [2.05, 4.69) is 23.3 Å². The number of hydrogen-bond donors (Lipinski definition) is 2. The van der Waals surface area contributed by atoms with Crippen LogP contribution < -0.4 is 11.1 Å². The summed E-state index contributed by atoms with van der Waals surface area (Å²) in [4.78, 5) is 5.75. The van der Waals surface area contributed by atoms with E-state index in [1.54, 1.807) is 11.3 Å². The Morgan fingerprint density at radius 3 is 2.76 bits per heavy atom. The standard InChI is InChI=1S/C16H16ClN3S/c1-9-7-14(12-8-11(18)3-4-13(12)19-9)20-10(2)15-5-6-16(17)21-15/h3-8,10H,18H2,1-2H3,(H,19,20). The molecule has 0 spiro atoms. The predicted octanol–water partition coefficient (Wildman–Crippen LogP) is 5.01. The summed E-state index contributed by atoms with van der Waals surface area (Å²) in [7, 11) is 0. The molecule has 0 saturated carbocycles. The number of nitrogens with one attached hydrogen (secondary N) is 1. The summed E-state index contributed by atoms with van der Waals surface area (Å²) in [5.41, 5.74) is 9.61. The van der Waals surface area contributed by atoms with Crippen molar-refractivity contribution in [2.45, 2.75) is 19.9 Å². The van der Waals surface area contributed by atoms with Gasteiger partial charge in [-0.3, -0.25) is 4.98 Å². The van der Waals surface area contributed by atoms with Crippen molar-refractivity contribution in [3.63, 3.8) is 0 Å². The van der Waals surface area contributed by atoms with Gasteiger partial charge in [0.25, 0.3) is 0 Å². The molecule has 0 fully saturated rings. The molecule has 1 atom stereocenters. The van der Waals surface area contributed by atoms with Crippen molar-refractivity contribution in [2.24, 2.45) is 0 Å². The Labute approximate surface area is 132 Å². The van der Waals surface area contributed by atoms with Crippen LogP contribution in [0.3, 0.4) is 0 Å². The number of anilines is 2. The first-order valence-corrected chi connectivity index (χ1v) is 7.91. The Balaban J connectivity index is 2.01. The maximum absolute atomic E-state index is 6.01. The van der Waals surface area contributed by atoms with E-state index in [1.807, 2.05) is 37.3 Å². The molecule has 0 radical (unpaired) electrons. The topological polar surface area (TPSA) is 50.9 Å². The molecule has 1 aromatic carbocycles. The number of thiophene rings is 1. The highest BCUT2D eigenvalue weighted by Crippen LogP contribution is 2.32. The zero-order chi connectivity index (χ0) is 15.0. The van der Waals surface area contributed by atoms with E-state index in [9.17, 15) is 0 Å². The molecule has 2 aromatic heterocycles. The lowest BCUT2D eigenvalue weighted by atomic mass is 10.1. The number of fused-ring (bicyclic) bond motifs is 1. The predicted molar refractivity (Wildman–Crippen MR) is 92.3 cm³/mol. The van der Waals surface area contributed by atoms with Gasteiger partial charge < -0.3 is 11.1 Å². The van der Waals surface area contributed by atoms with Crippen molar-refractivity contribution in [3.8, 4) is 0 Å². The van der Waals surface area contributed by atoms with E-state index in [1.165, 1.54) is 4.88 Å². The number of aromatic nitrogens is 1. The molecule has 0 amide bonds. The van der Waals surface area contributed by atoms with Crippen LogP contribution in [0.2, 0.25) is 4.34 Å². The van der Waals surface area contributed by atoms with Gasteiger partial charge in [-0.05, 0) is 50.2 Å². The van der Waals surface area contributed by atoms with Gasteiger partial charge in [-0.25, -0.2) is 0 Å². The van der Waals surface area contributed by atoms with Crippen LogP contribution in [-0.2, 0) is 0 Å². The van der Waals surface area contributed by atoms with Gasteiger partial charge in [0.05, 0.1) is 15.9 Å². The number of nitrogens with zero attached hydrogens (tertiary/aromatic N) is 1. The minimum absolute atomic E-state index is 0.175. The van der Waals surface area contributed by atoms with Crippen molar-refractivity contribution in [2.75, 3.05) is 11.1 Å². The van der Waals surface area contributed by atoms with Gasteiger partial charge in [-0.2, -0.15) is 0 Å². The minimum atomic E-state index is 0.175. The average molecular weight is 318 g/mol. The van der Waals surface area contributed by atoms with Crippen molar-refractivity contribution in [3.05, 3.63) is 51.3 Å². The first-order chi connectivity index (χ1) is 10.0. The number of hydrogen-bond acceptors (Lipinski definition) is 4. The summed E-state index contributed by atoms with van der Waals surface area (Å²) in [5.74, 6) is 0. The molecule has 3 N–H and O–H groups in total. The molecule has 3 nitrogen and oxygen atoms in total. The van der Waals surface area contributed by atoms with E-state index in [4.69, 9.17) is 17.3 Å². The van der Waals surface area contributed by atoms with Gasteiger partial charge in [0.2, 0.25) is 0 Å². The Morgan fingerprint density at radius 2 is 2.05 bits per heavy atom. The number of benzene rings is 1. The lowest BCUT2D eigenvalue weighted by molar-refractivity contribution is 0.909. The first kappa shape index (κ1) is 14.2. The van der Waals surface area contributed by atoms with Gasteiger partial charge in [-0.15, -0.1) is 11.3 Å². The van der Waals surface area contributed by atoms with Crippen LogP contribution in [0.5, 0.6) is 0 Å². The highest BCUT2D eigenvalue weighted by atomic mass is 35.5. The van der Waals surface area contributed by atoms with Crippen LogP contribution in [0.15, 0.2) is 36.4 Å². The van der Waals surface area contributed by atoms with Crippen molar-refractivity contribution >= 4 is 45.2 Å². The molecule has 3 rings (SSSR count).